The monoisotopic (exact) mass is 358 g/mol. The number of benzene rings is 1. The lowest BCUT2D eigenvalue weighted by atomic mass is 10.1. The first kappa shape index (κ1) is 18.1. The van der Waals surface area contributed by atoms with E-state index in [2.05, 4.69) is 4.90 Å². The average molecular weight is 358 g/mol. The molecule has 0 bridgehead atoms. The Morgan fingerprint density at radius 3 is 2.31 bits per heavy atom. The van der Waals surface area contributed by atoms with E-state index in [-0.39, 0.29) is 17.1 Å². The molecular weight excluding hydrogens is 335 g/mol. The molecular formula is C19H23FN4O2. The predicted octanol–water partition coefficient (Wildman–Crippen LogP) is 1.80. The largest absolute Gasteiger partial charge is 0.345 e. The highest BCUT2D eigenvalue weighted by Crippen LogP contribution is 2.28. The molecule has 0 saturated carbocycles. The smallest absolute Gasteiger partial charge is 0.330 e. The SMILES string of the molecule is CN(C)CCCn1cc2c(c1-c1ccc(F)cc1)c(=O)n(C)c(=O)n2C. The number of aromatic nitrogens is 3. The van der Waals surface area contributed by atoms with Crippen LogP contribution in [0.2, 0.25) is 0 Å². The third-order valence-corrected chi connectivity index (χ3v) is 4.63. The van der Waals surface area contributed by atoms with Gasteiger partial charge in [-0.3, -0.25) is 13.9 Å². The summed E-state index contributed by atoms with van der Waals surface area (Å²) >= 11 is 0. The van der Waals surface area contributed by atoms with Crippen LogP contribution >= 0.6 is 0 Å². The van der Waals surface area contributed by atoms with E-state index in [1.165, 1.54) is 23.7 Å². The predicted molar refractivity (Wildman–Crippen MR) is 101 cm³/mol. The molecule has 6 nitrogen and oxygen atoms in total. The summed E-state index contributed by atoms with van der Waals surface area (Å²) in [6.45, 7) is 1.59. The number of aryl methyl sites for hydroxylation is 2. The van der Waals surface area contributed by atoms with Gasteiger partial charge in [0.15, 0.2) is 0 Å². The molecule has 1 aromatic carbocycles. The molecule has 2 aromatic heterocycles. The second kappa shape index (κ2) is 6.92. The number of rotatable bonds is 5. The molecule has 138 valence electrons. The Bertz CT molecular complexity index is 1060. The van der Waals surface area contributed by atoms with Crippen molar-refractivity contribution < 1.29 is 4.39 Å². The molecule has 0 N–H and O–H groups in total. The first-order valence-corrected chi connectivity index (χ1v) is 8.50. The maximum Gasteiger partial charge on any atom is 0.330 e. The van der Waals surface area contributed by atoms with E-state index < -0.39 is 0 Å². The number of hydrogen-bond donors (Lipinski definition) is 0. The highest BCUT2D eigenvalue weighted by Gasteiger charge is 2.19. The van der Waals surface area contributed by atoms with Gasteiger partial charge in [-0.2, -0.15) is 0 Å². The average Bonchev–Trinajstić information content (AvgIpc) is 2.98. The molecule has 0 radical (unpaired) electrons. The summed E-state index contributed by atoms with van der Waals surface area (Å²) in [7, 11) is 7.14. The topological polar surface area (TPSA) is 52.2 Å². The molecule has 7 heteroatoms. The summed E-state index contributed by atoms with van der Waals surface area (Å²) in [6.07, 6.45) is 2.73. The number of fused-ring (bicyclic) bond motifs is 1. The van der Waals surface area contributed by atoms with E-state index in [1.807, 2.05) is 24.9 Å². The summed E-state index contributed by atoms with van der Waals surface area (Å²) in [4.78, 5) is 27.2. The van der Waals surface area contributed by atoms with Gasteiger partial charge in [-0.05, 0) is 56.9 Å². The van der Waals surface area contributed by atoms with Crippen LogP contribution in [-0.4, -0.2) is 39.2 Å². The van der Waals surface area contributed by atoms with E-state index in [0.29, 0.717) is 17.4 Å². The van der Waals surface area contributed by atoms with Gasteiger partial charge in [-0.1, -0.05) is 0 Å². The highest BCUT2D eigenvalue weighted by molar-refractivity contribution is 5.93. The molecule has 3 aromatic rings. The summed E-state index contributed by atoms with van der Waals surface area (Å²) in [5.41, 5.74) is 1.35. The zero-order chi connectivity index (χ0) is 19.0. The first-order chi connectivity index (χ1) is 12.3. The van der Waals surface area contributed by atoms with Crippen molar-refractivity contribution in [2.75, 3.05) is 20.6 Å². The molecule has 0 aliphatic rings. The van der Waals surface area contributed by atoms with Crippen molar-refractivity contribution in [2.45, 2.75) is 13.0 Å². The quantitative estimate of drug-likeness (QED) is 0.699. The molecule has 2 heterocycles. The summed E-state index contributed by atoms with van der Waals surface area (Å²) in [5, 5.41) is 0.478. The van der Waals surface area contributed by atoms with Gasteiger partial charge in [0.1, 0.15) is 5.82 Å². The molecule has 0 aliphatic carbocycles. The van der Waals surface area contributed by atoms with Crippen LogP contribution in [0.4, 0.5) is 4.39 Å². The van der Waals surface area contributed by atoms with Gasteiger partial charge < -0.3 is 9.47 Å². The van der Waals surface area contributed by atoms with Gasteiger partial charge in [0.25, 0.3) is 5.56 Å². The Morgan fingerprint density at radius 1 is 1.04 bits per heavy atom. The molecule has 0 atom stereocenters. The second-order valence-electron chi connectivity index (χ2n) is 6.80. The molecule has 0 aliphatic heterocycles. The van der Waals surface area contributed by atoms with Gasteiger partial charge in [0, 0.05) is 26.8 Å². The lowest BCUT2D eigenvalue weighted by molar-refractivity contribution is 0.387. The Morgan fingerprint density at radius 2 is 1.69 bits per heavy atom. The molecule has 0 unspecified atom stereocenters. The van der Waals surface area contributed by atoms with E-state index in [0.717, 1.165) is 28.8 Å². The normalized spacial score (nSPS) is 11.6. The number of hydrogen-bond acceptors (Lipinski definition) is 3. The van der Waals surface area contributed by atoms with Gasteiger partial charge in [-0.25, -0.2) is 9.18 Å². The maximum absolute atomic E-state index is 13.4. The van der Waals surface area contributed by atoms with Gasteiger partial charge in [-0.15, -0.1) is 0 Å². The number of nitrogens with zero attached hydrogens (tertiary/aromatic N) is 4. The van der Waals surface area contributed by atoms with E-state index in [4.69, 9.17) is 0 Å². The zero-order valence-electron chi connectivity index (χ0n) is 15.5. The molecule has 0 spiro atoms. The van der Waals surface area contributed by atoms with Crippen LogP contribution in [0.3, 0.4) is 0 Å². The fourth-order valence-electron chi connectivity index (χ4n) is 3.24. The van der Waals surface area contributed by atoms with Crippen molar-refractivity contribution in [3.63, 3.8) is 0 Å². The Labute approximate surface area is 150 Å². The van der Waals surface area contributed by atoms with Crippen molar-refractivity contribution in [1.29, 1.82) is 0 Å². The van der Waals surface area contributed by atoms with Gasteiger partial charge >= 0.3 is 5.69 Å². The van der Waals surface area contributed by atoms with Gasteiger partial charge in [0.05, 0.1) is 16.6 Å². The minimum absolute atomic E-state index is 0.330. The van der Waals surface area contributed by atoms with Crippen LogP contribution < -0.4 is 11.2 Å². The standard InChI is InChI=1S/C19H23FN4O2/c1-21(2)10-5-11-24-12-15-16(18(25)23(4)19(26)22(15)3)17(24)13-6-8-14(20)9-7-13/h6-9,12H,5,10-11H2,1-4H3. The Hall–Kier alpha value is -2.67. The minimum Gasteiger partial charge on any atom is -0.345 e. The first-order valence-electron chi connectivity index (χ1n) is 8.50. The summed E-state index contributed by atoms with van der Waals surface area (Å²) < 4.78 is 17.9. The third-order valence-electron chi connectivity index (χ3n) is 4.63. The van der Waals surface area contributed by atoms with Crippen LogP contribution in [0, 0.1) is 5.82 Å². The van der Waals surface area contributed by atoms with Crippen LogP contribution in [0.1, 0.15) is 6.42 Å². The van der Waals surface area contributed by atoms with Crippen molar-refractivity contribution in [3.8, 4) is 11.3 Å². The van der Waals surface area contributed by atoms with E-state index in [9.17, 15) is 14.0 Å². The minimum atomic E-state index is -0.362. The highest BCUT2D eigenvalue weighted by atomic mass is 19.1. The molecule has 0 amide bonds. The van der Waals surface area contributed by atoms with Crippen LogP contribution in [0.5, 0.6) is 0 Å². The molecule has 26 heavy (non-hydrogen) atoms. The van der Waals surface area contributed by atoms with Crippen LogP contribution in [0.25, 0.3) is 22.2 Å². The lowest BCUT2D eigenvalue weighted by Gasteiger charge is -2.12. The summed E-state index contributed by atoms with van der Waals surface area (Å²) in [6, 6.07) is 6.09. The Kier molecular flexibility index (Phi) is 4.82. The fraction of sp³-hybridized carbons (Fsp3) is 0.368. The van der Waals surface area contributed by atoms with Crippen LogP contribution in [0.15, 0.2) is 40.1 Å². The van der Waals surface area contributed by atoms with E-state index in [1.54, 1.807) is 19.2 Å². The third kappa shape index (κ3) is 3.10. The van der Waals surface area contributed by atoms with Crippen molar-refractivity contribution in [3.05, 3.63) is 57.1 Å². The van der Waals surface area contributed by atoms with Gasteiger partial charge in [0.2, 0.25) is 0 Å². The Balaban J connectivity index is 2.28. The van der Waals surface area contributed by atoms with E-state index >= 15 is 0 Å². The molecule has 3 rings (SSSR count). The second-order valence-corrected chi connectivity index (χ2v) is 6.80. The molecule has 0 saturated heterocycles. The maximum atomic E-state index is 13.4. The number of halogens is 1. The molecule has 0 fully saturated rings. The fourth-order valence-corrected chi connectivity index (χ4v) is 3.24. The van der Waals surface area contributed by atoms with Crippen LogP contribution in [-0.2, 0) is 20.6 Å². The zero-order valence-corrected chi connectivity index (χ0v) is 15.5. The van der Waals surface area contributed by atoms with Crippen molar-refractivity contribution >= 4 is 10.9 Å². The summed E-state index contributed by atoms with van der Waals surface area (Å²) in [5.74, 6) is -0.330. The lowest BCUT2D eigenvalue weighted by Crippen LogP contribution is -2.36. The van der Waals surface area contributed by atoms with Crippen molar-refractivity contribution in [1.82, 2.24) is 18.6 Å². The van der Waals surface area contributed by atoms with Crippen molar-refractivity contribution in [2.24, 2.45) is 14.1 Å².